The maximum Gasteiger partial charge on any atom is 0.319 e. The second-order valence-corrected chi connectivity index (χ2v) is 9.81. The minimum atomic E-state index is -0.596. The summed E-state index contributed by atoms with van der Waals surface area (Å²) in [4.78, 5) is 26.3. The van der Waals surface area contributed by atoms with Crippen LogP contribution in [-0.4, -0.2) is 50.9 Å². The van der Waals surface area contributed by atoms with Crippen LogP contribution < -0.4 is 9.47 Å². The molecule has 3 aliphatic heterocycles. The summed E-state index contributed by atoms with van der Waals surface area (Å²) in [5.41, 5.74) is -0.0908. The second-order valence-electron chi connectivity index (χ2n) is 7.51. The topological polar surface area (TPSA) is 137 Å². The van der Waals surface area contributed by atoms with Crippen molar-refractivity contribution in [2.24, 2.45) is 11.8 Å². The molecular weight excluding hydrogens is 484 g/mol. The fraction of sp³-hybridized carbons (Fsp3) is 0.455. The molecule has 2 saturated heterocycles. The Morgan fingerprint density at radius 1 is 0.824 bits per heavy atom. The van der Waals surface area contributed by atoms with E-state index in [-0.39, 0.29) is 56.1 Å². The Morgan fingerprint density at radius 2 is 1.21 bits per heavy atom. The summed E-state index contributed by atoms with van der Waals surface area (Å²) in [7, 11) is 0. The number of allylic oxidation sites excluding steroid dienone is 1. The van der Waals surface area contributed by atoms with Crippen LogP contribution in [0.25, 0.3) is 0 Å². The van der Waals surface area contributed by atoms with Gasteiger partial charge in [-0.15, -0.1) is 0 Å². The summed E-state index contributed by atoms with van der Waals surface area (Å²) < 4.78 is 33.1. The van der Waals surface area contributed by atoms with Crippen molar-refractivity contribution in [3.05, 3.63) is 21.9 Å². The van der Waals surface area contributed by atoms with Crippen LogP contribution in [0.1, 0.15) is 13.8 Å². The Hall–Kier alpha value is -2.58. The number of esters is 2. The lowest BCUT2D eigenvalue weighted by atomic mass is 10.1. The van der Waals surface area contributed by atoms with Gasteiger partial charge in [-0.3, -0.25) is 9.59 Å². The molecule has 0 saturated carbocycles. The fourth-order valence-corrected chi connectivity index (χ4v) is 5.64. The zero-order chi connectivity index (χ0) is 24.2. The number of thioether (sulfide) groups is 2. The number of nitriles is 2. The molecule has 2 fully saturated rings. The minimum Gasteiger partial charge on any atom is -0.425 e. The third-order valence-corrected chi connectivity index (χ3v) is 7.70. The first kappa shape index (κ1) is 24.5. The highest BCUT2D eigenvalue weighted by Crippen LogP contribution is 2.59. The van der Waals surface area contributed by atoms with E-state index in [4.69, 9.17) is 28.4 Å². The van der Waals surface area contributed by atoms with Gasteiger partial charge in [0.2, 0.25) is 0 Å². The number of ether oxygens (including phenoxy) is 6. The largest absolute Gasteiger partial charge is 0.425 e. The Balaban J connectivity index is 1.58. The maximum atomic E-state index is 12.7. The monoisotopic (exact) mass is 504 g/mol. The Morgan fingerprint density at radius 3 is 1.56 bits per heavy atom. The van der Waals surface area contributed by atoms with E-state index in [0.717, 1.165) is 23.5 Å². The standard InChI is InChI=1S/C22H20N2O8S2/c1-11-27-7-14(8-28-11)20(25)31-16-3-4-17(32-21(26)15-9-29-12(2)30-10-15)19-18(16)33-22(34-19)13(5-23)6-24/h3-4,11-12,14-15H,7-10H2,1-2H3. The van der Waals surface area contributed by atoms with E-state index >= 15 is 0 Å². The molecule has 178 valence electrons. The summed E-state index contributed by atoms with van der Waals surface area (Å²) in [6, 6.07) is 6.73. The van der Waals surface area contributed by atoms with Gasteiger partial charge in [0.1, 0.15) is 41.0 Å². The van der Waals surface area contributed by atoms with Crippen molar-refractivity contribution in [2.45, 2.75) is 36.2 Å². The molecule has 0 radical (unpaired) electrons. The van der Waals surface area contributed by atoms with Gasteiger partial charge in [0.15, 0.2) is 12.6 Å². The van der Waals surface area contributed by atoms with Gasteiger partial charge < -0.3 is 28.4 Å². The van der Waals surface area contributed by atoms with Gasteiger partial charge in [-0.05, 0) is 26.0 Å². The van der Waals surface area contributed by atoms with Crippen molar-refractivity contribution in [3.8, 4) is 23.6 Å². The number of hydrogen-bond donors (Lipinski definition) is 0. The molecule has 1 aromatic rings. The van der Waals surface area contributed by atoms with Crippen LogP contribution in [-0.2, 0) is 28.5 Å². The molecule has 34 heavy (non-hydrogen) atoms. The molecule has 0 spiro atoms. The highest BCUT2D eigenvalue weighted by molar-refractivity contribution is 8.24. The van der Waals surface area contributed by atoms with E-state index in [9.17, 15) is 20.1 Å². The number of nitrogens with zero attached hydrogens (tertiary/aromatic N) is 2. The fourth-order valence-electron chi connectivity index (χ4n) is 3.16. The van der Waals surface area contributed by atoms with E-state index in [0.29, 0.717) is 14.0 Å². The third-order valence-electron chi connectivity index (χ3n) is 5.07. The first-order valence-corrected chi connectivity index (χ1v) is 12.0. The van der Waals surface area contributed by atoms with E-state index in [2.05, 4.69) is 0 Å². The molecule has 4 rings (SSSR count). The van der Waals surface area contributed by atoms with Crippen molar-refractivity contribution in [2.75, 3.05) is 26.4 Å². The van der Waals surface area contributed by atoms with Crippen LogP contribution in [0.4, 0.5) is 0 Å². The molecule has 0 aromatic heterocycles. The molecule has 10 nitrogen and oxygen atoms in total. The smallest absolute Gasteiger partial charge is 0.319 e. The van der Waals surface area contributed by atoms with E-state index in [1.807, 2.05) is 12.1 Å². The van der Waals surface area contributed by atoms with Gasteiger partial charge in [-0.2, -0.15) is 10.5 Å². The molecule has 0 amide bonds. The Bertz CT molecular complexity index is 1010. The van der Waals surface area contributed by atoms with Gasteiger partial charge in [0.05, 0.1) is 40.5 Å². The van der Waals surface area contributed by atoms with E-state index < -0.39 is 23.8 Å². The lowest BCUT2D eigenvalue weighted by molar-refractivity contribution is -0.199. The predicted octanol–water partition coefficient (Wildman–Crippen LogP) is 2.97. The number of fused-ring (bicyclic) bond motifs is 1. The van der Waals surface area contributed by atoms with Crippen molar-refractivity contribution in [3.63, 3.8) is 0 Å². The summed E-state index contributed by atoms with van der Waals surface area (Å²) in [5, 5.41) is 18.6. The number of rotatable bonds is 4. The number of carbonyl (C=O) groups is 2. The molecule has 1 aromatic carbocycles. The Kier molecular flexibility index (Phi) is 7.78. The molecule has 0 atom stereocenters. The summed E-state index contributed by atoms with van der Waals surface area (Å²) >= 11 is 2.21. The Labute approximate surface area is 204 Å². The molecule has 0 aliphatic carbocycles. The van der Waals surface area contributed by atoms with Crippen LogP contribution >= 0.6 is 23.5 Å². The summed E-state index contributed by atoms with van der Waals surface area (Å²) in [6.45, 7) is 4.16. The van der Waals surface area contributed by atoms with Crippen LogP contribution in [0.3, 0.4) is 0 Å². The lowest BCUT2D eigenvalue weighted by Crippen LogP contribution is -2.37. The molecule has 0 unspecified atom stereocenters. The summed E-state index contributed by atoms with van der Waals surface area (Å²) in [6.07, 6.45) is -0.777. The predicted molar refractivity (Wildman–Crippen MR) is 117 cm³/mol. The quantitative estimate of drug-likeness (QED) is 0.338. The van der Waals surface area contributed by atoms with E-state index in [1.54, 1.807) is 13.8 Å². The first-order valence-electron chi connectivity index (χ1n) is 10.4. The van der Waals surface area contributed by atoms with Crippen molar-refractivity contribution in [1.29, 1.82) is 10.5 Å². The first-order chi connectivity index (χ1) is 16.4. The van der Waals surface area contributed by atoms with Crippen LogP contribution in [0.2, 0.25) is 0 Å². The van der Waals surface area contributed by atoms with Gasteiger partial charge in [-0.1, -0.05) is 23.5 Å². The summed E-state index contributed by atoms with van der Waals surface area (Å²) in [5.74, 6) is -1.82. The van der Waals surface area contributed by atoms with E-state index in [1.165, 1.54) is 12.1 Å². The van der Waals surface area contributed by atoms with Crippen molar-refractivity contribution < 1.29 is 38.0 Å². The van der Waals surface area contributed by atoms with Crippen molar-refractivity contribution in [1.82, 2.24) is 0 Å². The normalized spacial score (nSPS) is 26.1. The zero-order valence-electron chi connectivity index (χ0n) is 18.3. The maximum absolute atomic E-state index is 12.7. The van der Waals surface area contributed by atoms with Crippen LogP contribution in [0.15, 0.2) is 31.7 Å². The molecule has 0 bridgehead atoms. The third kappa shape index (κ3) is 5.39. The molecular formula is C22H20N2O8S2. The second kappa shape index (κ2) is 10.8. The lowest BCUT2D eigenvalue weighted by Gasteiger charge is -2.26. The average Bonchev–Trinajstić information content (AvgIpc) is 3.28. The molecule has 3 heterocycles. The van der Waals surface area contributed by atoms with Crippen molar-refractivity contribution >= 4 is 35.5 Å². The SMILES string of the molecule is CC1OCC(C(=O)Oc2ccc(OC(=O)C3COC(C)OC3)c3c2SC(=C(C#N)C#N)S3)CO1. The van der Waals surface area contributed by atoms with Gasteiger partial charge in [0.25, 0.3) is 0 Å². The average molecular weight is 505 g/mol. The number of carbonyl (C=O) groups excluding carboxylic acids is 2. The number of benzene rings is 1. The zero-order valence-corrected chi connectivity index (χ0v) is 19.9. The molecule has 3 aliphatic rings. The number of hydrogen-bond acceptors (Lipinski definition) is 12. The highest BCUT2D eigenvalue weighted by atomic mass is 32.2. The van der Waals surface area contributed by atoms with Crippen LogP contribution in [0.5, 0.6) is 11.5 Å². The van der Waals surface area contributed by atoms with Gasteiger partial charge in [0, 0.05) is 0 Å². The van der Waals surface area contributed by atoms with Crippen LogP contribution in [0, 0.1) is 34.5 Å². The minimum absolute atomic E-state index is 0.0908. The van der Waals surface area contributed by atoms with Gasteiger partial charge in [-0.25, -0.2) is 0 Å². The molecule has 12 heteroatoms. The molecule has 0 N–H and O–H groups in total. The van der Waals surface area contributed by atoms with Gasteiger partial charge >= 0.3 is 11.9 Å². The highest BCUT2D eigenvalue weighted by Gasteiger charge is 2.34.